The molecule has 0 amide bonds. The van der Waals surface area contributed by atoms with Crippen LogP contribution in [-0.2, 0) is 33.2 Å². The van der Waals surface area contributed by atoms with Gasteiger partial charge in [0, 0.05) is 0 Å². The van der Waals surface area contributed by atoms with Crippen LogP contribution in [0.2, 0.25) is 0 Å². The largest absolute Gasteiger partial charge is 0.394 e. The quantitative estimate of drug-likeness (QED) is 0.0867. The Kier molecular flexibility index (Phi) is 11.8. The summed E-state index contributed by atoms with van der Waals surface area (Å²) in [7, 11) is 0. The zero-order valence-electron chi connectivity index (χ0n) is 23.7. The molecule has 4 aliphatic heterocycles. The monoisotopic (exact) mass is 666 g/mol. The van der Waals surface area contributed by atoms with Gasteiger partial charge < -0.3 is 105 Å². The van der Waals surface area contributed by atoms with Crippen LogP contribution in [0.25, 0.3) is 0 Å². The van der Waals surface area contributed by atoms with Gasteiger partial charge in [0.1, 0.15) is 99.2 Å². The number of aliphatic hydroxyl groups is 14. The van der Waals surface area contributed by atoms with E-state index < -0.39 is 149 Å². The van der Waals surface area contributed by atoms with Gasteiger partial charge in [-0.05, 0) is 0 Å². The van der Waals surface area contributed by atoms with Crippen LogP contribution in [0.1, 0.15) is 0 Å². The molecular formula is C24H42O21. The van der Waals surface area contributed by atoms with Crippen LogP contribution in [0.15, 0.2) is 0 Å². The Balaban J connectivity index is 1.65. The van der Waals surface area contributed by atoms with Crippen molar-refractivity contribution in [3.8, 4) is 0 Å². The van der Waals surface area contributed by atoms with Gasteiger partial charge in [0.2, 0.25) is 17.4 Å². The zero-order valence-corrected chi connectivity index (χ0v) is 23.7. The number of ether oxygens (including phenoxy) is 7. The molecule has 45 heavy (non-hydrogen) atoms. The molecule has 4 heterocycles. The normalized spacial score (nSPS) is 52.1. The third kappa shape index (κ3) is 6.49. The minimum atomic E-state index is -2.67. The predicted molar refractivity (Wildman–Crippen MR) is 134 cm³/mol. The van der Waals surface area contributed by atoms with Gasteiger partial charge in [-0.3, -0.25) is 0 Å². The number of rotatable bonds is 13. The molecule has 0 aromatic carbocycles. The first-order valence-corrected chi connectivity index (χ1v) is 14.0. The van der Waals surface area contributed by atoms with E-state index in [4.69, 9.17) is 33.2 Å². The molecule has 4 saturated heterocycles. The fraction of sp³-hybridized carbons (Fsp3) is 1.00. The van der Waals surface area contributed by atoms with Crippen molar-refractivity contribution in [2.45, 2.75) is 103 Å². The first kappa shape index (κ1) is 37.0. The van der Waals surface area contributed by atoms with E-state index in [0.29, 0.717) is 0 Å². The van der Waals surface area contributed by atoms with E-state index in [0.717, 1.165) is 0 Å². The highest BCUT2D eigenvalue weighted by Crippen LogP contribution is 2.41. The smallest absolute Gasteiger partial charge is 0.224 e. The summed E-state index contributed by atoms with van der Waals surface area (Å²) >= 11 is 0. The van der Waals surface area contributed by atoms with E-state index in [2.05, 4.69) is 0 Å². The molecule has 0 radical (unpaired) electrons. The molecule has 0 aromatic heterocycles. The van der Waals surface area contributed by atoms with Crippen molar-refractivity contribution < 1.29 is 105 Å². The summed E-state index contributed by atoms with van der Waals surface area (Å²) in [6.45, 7) is -6.84. The molecule has 0 aromatic rings. The molecule has 0 spiro atoms. The second-order valence-corrected chi connectivity index (χ2v) is 11.3. The van der Waals surface area contributed by atoms with Crippen LogP contribution in [-0.4, -0.2) is 221 Å². The molecule has 17 atom stereocenters. The molecule has 21 heteroatoms. The summed E-state index contributed by atoms with van der Waals surface area (Å²) in [6, 6.07) is 0. The van der Waals surface area contributed by atoms with Gasteiger partial charge in [0.25, 0.3) is 0 Å². The summed E-state index contributed by atoms with van der Waals surface area (Å²) in [5.74, 6) is -7.73. The Morgan fingerprint density at radius 2 is 0.844 bits per heavy atom. The average Bonchev–Trinajstić information content (AvgIpc) is 3.55. The van der Waals surface area contributed by atoms with Crippen LogP contribution in [0.3, 0.4) is 0 Å². The van der Waals surface area contributed by atoms with Gasteiger partial charge in [0.15, 0.2) is 6.29 Å². The number of aliphatic hydroxyl groups excluding tert-OH is 14. The lowest BCUT2D eigenvalue weighted by atomic mass is 9.99. The van der Waals surface area contributed by atoms with Crippen molar-refractivity contribution in [3.05, 3.63) is 0 Å². The number of hydrogen-bond acceptors (Lipinski definition) is 21. The molecule has 4 aliphatic rings. The van der Waals surface area contributed by atoms with Crippen molar-refractivity contribution in [2.75, 3.05) is 46.2 Å². The molecule has 0 saturated carbocycles. The van der Waals surface area contributed by atoms with Crippen LogP contribution < -0.4 is 0 Å². The molecule has 14 N–H and O–H groups in total. The Morgan fingerprint density at radius 1 is 0.444 bits per heavy atom. The van der Waals surface area contributed by atoms with Gasteiger partial charge >= 0.3 is 0 Å². The molecule has 21 nitrogen and oxygen atoms in total. The van der Waals surface area contributed by atoms with E-state index in [1.165, 1.54) is 0 Å². The summed E-state index contributed by atoms with van der Waals surface area (Å²) in [4.78, 5) is 0. The van der Waals surface area contributed by atoms with Gasteiger partial charge in [0.05, 0.1) is 26.4 Å². The van der Waals surface area contributed by atoms with Gasteiger partial charge in [-0.1, -0.05) is 0 Å². The maximum atomic E-state index is 11.0. The zero-order chi connectivity index (χ0) is 33.5. The molecule has 0 bridgehead atoms. The van der Waals surface area contributed by atoms with Crippen molar-refractivity contribution in [1.82, 2.24) is 0 Å². The van der Waals surface area contributed by atoms with Gasteiger partial charge in [-0.15, -0.1) is 0 Å². The highest BCUT2D eigenvalue weighted by atomic mass is 16.8. The third-order valence-electron chi connectivity index (χ3n) is 8.48. The van der Waals surface area contributed by atoms with E-state index >= 15 is 0 Å². The fourth-order valence-electron chi connectivity index (χ4n) is 5.65. The Hall–Kier alpha value is -0.840. The standard InChI is InChI=1S/C24H42O21/c25-1-8-12(30)16(34)17(35)21(41-8)45-24(20(38)15(33)11(4-28)44-24)7-40-23(19(37)14(32)10(3-27)43-23)6-39-22(5-29)18(36)13(31)9(2-26)42-22/h8-21,25-38H,1-7H2/t8-,9-,10-,11-,12?,13-,14-,15-,16+,17-,18+,19?,20+,21-,22-,23-,24+/m1/s1. The van der Waals surface area contributed by atoms with E-state index in [-0.39, 0.29) is 0 Å². The highest BCUT2D eigenvalue weighted by molar-refractivity contribution is 5.03. The maximum absolute atomic E-state index is 11.0. The summed E-state index contributed by atoms with van der Waals surface area (Å²) in [5.41, 5.74) is 0. The average molecular weight is 667 g/mol. The Bertz CT molecular complexity index is 962. The van der Waals surface area contributed by atoms with Crippen molar-refractivity contribution in [3.63, 3.8) is 0 Å². The predicted octanol–water partition coefficient (Wildman–Crippen LogP) is -9.74. The molecule has 4 fully saturated rings. The van der Waals surface area contributed by atoms with Crippen molar-refractivity contribution in [1.29, 1.82) is 0 Å². The summed E-state index contributed by atoms with van der Waals surface area (Å²) in [6.07, 6.45) is -25.6. The lowest BCUT2D eigenvalue weighted by Gasteiger charge is -2.44. The fourth-order valence-corrected chi connectivity index (χ4v) is 5.65. The summed E-state index contributed by atoms with van der Waals surface area (Å²) in [5, 5.41) is 143. The SMILES string of the molecule is OC[C@H]1O[C@H](O[C@]2(CO[C@]3(CO[C@]4(CO)O[C@H](CO)[C@@H](O)[C@@H]4O)O[C@H](CO)[C@@H](O)C3O)O[C@H](CO)[C@@H](O)[C@@H]2O)[C@H](O)[C@@H](O)C1O. The van der Waals surface area contributed by atoms with Crippen molar-refractivity contribution in [2.24, 2.45) is 0 Å². The molecular weight excluding hydrogens is 624 g/mol. The maximum Gasteiger partial charge on any atom is 0.224 e. The van der Waals surface area contributed by atoms with Crippen LogP contribution in [0.4, 0.5) is 0 Å². The molecule has 2 unspecified atom stereocenters. The van der Waals surface area contributed by atoms with E-state index in [1.807, 2.05) is 0 Å². The Labute approximate surface area is 254 Å². The van der Waals surface area contributed by atoms with Crippen LogP contribution in [0, 0.1) is 0 Å². The van der Waals surface area contributed by atoms with Gasteiger partial charge in [-0.2, -0.15) is 0 Å². The van der Waals surface area contributed by atoms with E-state index in [9.17, 15) is 71.5 Å². The first-order valence-electron chi connectivity index (χ1n) is 14.0. The van der Waals surface area contributed by atoms with Crippen LogP contribution in [0.5, 0.6) is 0 Å². The lowest BCUT2D eigenvalue weighted by molar-refractivity contribution is -0.404. The lowest BCUT2D eigenvalue weighted by Crippen LogP contribution is -2.63. The second kappa shape index (κ2) is 14.3. The minimum Gasteiger partial charge on any atom is -0.394 e. The van der Waals surface area contributed by atoms with E-state index in [1.54, 1.807) is 0 Å². The van der Waals surface area contributed by atoms with Crippen molar-refractivity contribution >= 4 is 0 Å². The molecule has 4 rings (SSSR count). The topological polar surface area (TPSA) is 348 Å². The third-order valence-corrected chi connectivity index (χ3v) is 8.48. The second-order valence-electron chi connectivity index (χ2n) is 11.3. The Morgan fingerprint density at radius 3 is 1.31 bits per heavy atom. The van der Waals surface area contributed by atoms with Crippen LogP contribution >= 0.6 is 0 Å². The van der Waals surface area contributed by atoms with Gasteiger partial charge in [-0.25, -0.2) is 0 Å². The molecule has 0 aliphatic carbocycles. The molecule has 264 valence electrons. The summed E-state index contributed by atoms with van der Waals surface area (Å²) < 4.78 is 38.7. The number of hydrogen-bond donors (Lipinski definition) is 14. The highest BCUT2D eigenvalue weighted by Gasteiger charge is 2.64. The minimum absolute atomic E-state index is 0.809. The first-order chi connectivity index (χ1) is 21.2.